The first-order chi connectivity index (χ1) is 5.70. The third-order valence-corrected chi connectivity index (χ3v) is 1.15. The number of urea groups is 1. The third-order valence-electron chi connectivity index (χ3n) is 1.15. The minimum atomic E-state index is -0.282. The molecule has 0 aliphatic rings. The van der Waals surface area contributed by atoms with E-state index in [-0.39, 0.29) is 12.1 Å². The van der Waals surface area contributed by atoms with Crippen molar-refractivity contribution in [2.24, 2.45) is 0 Å². The Morgan fingerprint density at radius 3 is 2.75 bits per heavy atom. The van der Waals surface area contributed by atoms with Crippen molar-refractivity contribution in [2.45, 2.75) is 19.4 Å². The molecule has 0 bridgehead atoms. The molecule has 0 aliphatic heterocycles. The number of rotatable bonds is 3. The van der Waals surface area contributed by atoms with Gasteiger partial charge in [-0.1, -0.05) is 5.92 Å². The first-order valence-corrected chi connectivity index (χ1v) is 3.64. The minimum Gasteiger partial charge on any atom is -0.337 e. The molecule has 3 nitrogen and oxygen atoms in total. The van der Waals surface area contributed by atoms with Crippen molar-refractivity contribution in [1.82, 2.24) is 10.6 Å². The standard InChI is InChI=1S/C9H12N2O/c1-4-6-7-10-9(12)11-8(3)5-2/h1-2,8H,6-7H2,3H3,(H2,10,11,12). The molecule has 0 spiro atoms. The van der Waals surface area contributed by atoms with Gasteiger partial charge in [0.15, 0.2) is 0 Å². The van der Waals surface area contributed by atoms with Gasteiger partial charge in [0.25, 0.3) is 0 Å². The molecule has 64 valence electrons. The summed E-state index contributed by atoms with van der Waals surface area (Å²) in [6.07, 6.45) is 10.6. The zero-order chi connectivity index (χ0) is 9.40. The van der Waals surface area contributed by atoms with Crippen LogP contribution >= 0.6 is 0 Å². The van der Waals surface area contributed by atoms with E-state index < -0.39 is 0 Å². The highest BCUT2D eigenvalue weighted by Crippen LogP contribution is 1.77. The van der Waals surface area contributed by atoms with Crippen molar-refractivity contribution < 1.29 is 4.79 Å². The Kier molecular flexibility index (Phi) is 5.30. The quantitative estimate of drug-likeness (QED) is 0.458. The maximum atomic E-state index is 10.9. The Balaban J connectivity index is 3.49. The molecule has 1 atom stereocenters. The van der Waals surface area contributed by atoms with Crippen molar-refractivity contribution in [3.8, 4) is 24.7 Å². The average Bonchev–Trinajstić information content (AvgIpc) is 2.05. The number of hydrogen-bond donors (Lipinski definition) is 2. The van der Waals surface area contributed by atoms with Crippen molar-refractivity contribution >= 4 is 6.03 Å². The van der Waals surface area contributed by atoms with Crippen LogP contribution < -0.4 is 10.6 Å². The van der Waals surface area contributed by atoms with E-state index in [0.29, 0.717) is 13.0 Å². The van der Waals surface area contributed by atoms with E-state index in [2.05, 4.69) is 22.5 Å². The predicted octanol–water partition coefficient (Wildman–Crippen LogP) is 0.331. The van der Waals surface area contributed by atoms with Crippen LogP contribution in [-0.2, 0) is 0 Å². The second kappa shape index (κ2) is 6.12. The van der Waals surface area contributed by atoms with E-state index >= 15 is 0 Å². The lowest BCUT2D eigenvalue weighted by Gasteiger charge is -2.07. The monoisotopic (exact) mass is 164 g/mol. The number of carbonyl (C=O) groups is 1. The van der Waals surface area contributed by atoms with Gasteiger partial charge >= 0.3 is 6.03 Å². The maximum absolute atomic E-state index is 10.9. The smallest absolute Gasteiger partial charge is 0.315 e. The van der Waals surface area contributed by atoms with Crippen molar-refractivity contribution in [3.05, 3.63) is 0 Å². The van der Waals surface area contributed by atoms with Crippen LogP contribution in [0.1, 0.15) is 13.3 Å². The van der Waals surface area contributed by atoms with E-state index in [1.165, 1.54) is 0 Å². The van der Waals surface area contributed by atoms with E-state index in [4.69, 9.17) is 12.8 Å². The van der Waals surface area contributed by atoms with Gasteiger partial charge in [-0.3, -0.25) is 0 Å². The fraction of sp³-hybridized carbons (Fsp3) is 0.444. The van der Waals surface area contributed by atoms with Crippen molar-refractivity contribution in [2.75, 3.05) is 6.54 Å². The molecule has 0 aromatic rings. The molecule has 0 saturated heterocycles. The molecule has 0 fully saturated rings. The summed E-state index contributed by atoms with van der Waals surface area (Å²) in [5.41, 5.74) is 0. The van der Waals surface area contributed by atoms with Crippen LogP contribution in [0, 0.1) is 24.7 Å². The van der Waals surface area contributed by atoms with Gasteiger partial charge < -0.3 is 10.6 Å². The van der Waals surface area contributed by atoms with E-state index in [1.807, 2.05) is 0 Å². The van der Waals surface area contributed by atoms with Gasteiger partial charge in [-0.25, -0.2) is 4.79 Å². The summed E-state index contributed by atoms with van der Waals surface area (Å²) in [5, 5.41) is 5.09. The Morgan fingerprint density at radius 2 is 2.25 bits per heavy atom. The highest BCUT2D eigenvalue weighted by atomic mass is 16.2. The number of nitrogens with one attached hydrogen (secondary N) is 2. The molecule has 0 aromatic heterocycles. The first kappa shape index (κ1) is 10.4. The van der Waals surface area contributed by atoms with Crippen LogP contribution in [0.15, 0.2) is 0 Å². The third kappa shape index (κ3) is 5.20. The van der Waals surface area contributed by atoms with Gasteiger partial charge in [0.05, 0.1) is 6.04 Å². The van der Waals surface area contributed by atoms with Gasteiger partial charge in [0, 0.05) is 13.0 Å². The van der Waals surface area contributed by atoms with Gasteiger partial charge in [-0.05, 0) is 6.92 Å². The molecule has 0 aliphatic carbocycles. The lowest BCUT2D eigenvalue weighted by molar-refractivity contribution is 0.240. The molecule has 3 heteroatoms. The topological polar surface area (TPSA) is 41.1 Å². The Morgan fingerprint density at radius 1 is 1.58 bits per heavy atom. The zero-order valence-electron chi connectivity index (χ0n) is 7.05. The Hall–Kier alpha value is -1.61. The zero-order valence-corrected chi connectivity index (χ0v) is 7.05. The summed E-state index contributed by atoms with van der Waals surface area (Å²) in [6, 6.07) is -0.536. The van der Waals surface area contributed by atoms with Crippen LogP contribution in [0.2, 0.25) is 0 Å². The second-order valence-electron chi connectivity index (χ2n) is 2.24. The summed E-state index contributed by atoms with van der Waals surface area (Å²) in [7, 11) is 0. The molecule has 2 amide bonds. The number of amides is 2. The number of hydrogen-bond acceptors (Lipinski definition) is 1. The normalized spacial score (nSPS) is 10.6. The SMILES string of the molecule is C#CCCNC(=O)NC(C)C#C. The fourth-order valence-electron chi connectivity index (χ4n) is 0.538. The molecular weight excluding hydrogens is 152 g/mol. The van der Waals surface area contributed by atoms with Crippen LogP contribution in [0.25, 0.3) is 0 Å². The highest BCUT2D eigenvalue weighted by molar-refractivity contribution is 5.74. The molecule has 0 rings (SSSR count). The summed E-state index contributed by atoms with van der Waals surface area (Å²) in [6.45, 7) is 2.19. The molecule has 0 aromatic carbocycles. The average molecular weight is 164 g/mol. The van der Waals surface area contributed by atoms with Gasteiger partial charge in [0.1, 0.15) is 0 Å². The summed E-state index contributed by atoms with van der Waals surface area (Å²) in [5.74, 6) is 4.78. The van der Waals surface area contributed by atoms with Crippen molar-refractivity contribution in [3.63, 3.8) is 0 Å². The number of terminal acetylenes is 2. The minimum absolute atomic E-state index is 0.254. The van der Waals surface area contributed by atoms with E-state index in [1.54, 1.807) is 6.92 Å². The Bertz CT molecular complexity index is 222. The predicted molar refractivity (Wildman–Crippen MR) is 48.3 cm³/mol. The van der Waals surface area contributed by atoms with Gasteiger partial charge in [0.2, 0.25) is 0 Å². The van der Waals surface area contributed by atoms with E-state index in [9.17, 15) is 4.79 Å². The maximum Gasteiger partial charge on any atom is 0.315 e. The van der Waals surface area contributed by atoms with Crippen LogP contribution in [-0.4, -0.2) is 18.6 Å². The van der Waals surface area contributed by atoms with Crippen molar-refractivity contribution in [1.29, 1.82) is 0 Å². The molecule has 0 radical (unpaired) electrons. The molecule has 0 saturated carbocycles. The van der Waals surface area contributed by atoms with E-state index in [0.717, 1.165) is 0 Å². The lowest BCUT2D eigenvalue weighted by Crippen LogP contribution is -2.40. The van der Waals surface area contributed by atoms with Crippen LogP contribution in [0.5, 0.6) is 0 Å². The molecule has 2 N–H and O–H groups in total. The highest BCUT2D eigenvalue weighted by Gasteiger charge is 2.01. The Labute approximate surface area is 72.9 Å². The summed E-state index contributed by atoms with van der Waals surface area (Å²) in [4.78, 5) is 10.9. The first-order valence-electron chi connectivity index (χ1n) is 3.64. The fourth-order valence-corrected chi connectivity index (χ4v) is 0.538. The molecule has 12 heavy (non-hydrogen) atoms. The van der Waals surface area contributed by atoms with Gasteiger partial charge in [-0.15, -0.1) is 18.8 Å². The van der Waals surface area contributed by atoms with Crippen LogP contribution in [0.4, 0.5) is 4.79 Å². The second-order valence-corrected chi connectivity index (χ2v) is 2.24. The number of carbonyl (C=O) groups excluding carboxylic acids is 1. The lowest BCUT2D eigenvalue weighted by atomic mass is 10.4. The summed E-state index contributed by atoms with van der Waals surface area (Å²) >= 11 is 0. The largest absolute Gasteiger partial charge is 0.337 e. The van der Waals surface area contributed by atoms with Gasteiger partial charge in [-0.2, -0.15) is 0 Å². The molecular formula is C9H12N2O. The summed E-state index contributed by atoms with van der Waals surface area (Å²) < 4.78 is 0. The van der Waals surface area contributed by atoms with Crippen LogP contribution in [0.3, 0.4) is 0 Å². The molecule has 0 heterocycles. The molecule has 1 unspecified atom stereocenters.